The van der Waals surface area contributed by atoms with Crippen LogP contribution in [0.15, 0.2) is 18.2 Å². The SMILES string of the molecule is COc1ccc(CC(C)CN2C(C(=O)O)CC3CCCCC32)cc1F. The van der Waals surface area contributed by atoms with Crippen LogP contribution in [0.4, 0.5) is 4.39 Å². The fraction of sp³-hybridized carbons (Fsp3) is 0.650. The van der Waals surface area contributed by atoms with Gasteiger partial charge in [0.15, 0.2) is 11.6 Å². The number of hydrogen-bond acceptors (Lipinski definition) is 3. The van der Waals surface area contributed by atoms with Crippen LogP contribution in [0.3, 0.4) is 0 Å². The predicted molar refractivity (Wildman–Crippen MR) is 94.3 cm³/mol. The summed E-state index contributed by atoms with van der Waals surface area (Å²) in [5.41, 5.74) is 0.928. The van der Waals surface area contributed by atoms with E-state index in [0.717, 1.165) is 37.8 Å². The summed E-state index contributed by atoms with van der Waals surface area (Å²) in [5.74, 6) is 0.0176. The smallest absolute Gasteiger partial charge is 0.320 e. The van der Waals surface area contributed by atoms with Crippen molar-refractivity contribution in [3.63, 3.8) is 0 Å². The molecular formula is C20H28FNO3. The largest absolute Gasteiger partial charge is 0.494 e. The molecule has 5 heteroatoms. The van der Waals surface area contributed by atoms with Gasteiger partial charge >= 0.3 is 5.97 Å². The van der Waals surface area contributed by atoms with Gasteiger partial charge in [0.05, 0.1) is 7.11 Å². The molecule has 1 aliphatic carbocycles. The summed E-state index contributed by atoms with van der Waals surface area (Å²) in [6, 6.07) is 5.12. The summed E-state index contributed by atoms with van der Waals surface area (Å²) < 4.78 is 18.8. The molecular weight excluding hydrogens is 321 g/mol. The maximum atomic E-state index is 13.9. The zero-order chi connectivity index (χ0) is 18.0. The second kappa shape index (κ2) is 7.73. The molecule has 0 amide bonds. The highest BCUT2D eigenvalue weighted by atomic mass is 19.1. The number of carbonyl (C=O) groups is 1. The lowest BCUT2D eigenvalue weighted by Crippen LogP contribution is -2.44. The van der Waals surface area contributed by atoms with E-state index in [4.69, 9.17) is 4.74 Å². The van der Waals surface area contributed by atoms with Crippen molar-refractivity contribution < 1.29 is 19.0 Å². The van der Waals surface area contributed by atoms with Crippen LogP contribution in [-0.2, 0) is 11.2 Å². The Hall–Kier alpha value is -1.62. The molecule has 1 aromatic rings. The van der Waals surface area contributed by atoms with E-state index in [0.29, 0.717) is 12.0 Å². The van der Waals surface area contributed by atoms with E-state index in [1.165, 1.54) is 26.0 Å². The average Bonchev–Trinajstić information content (AvgIpc) is 2.94. The molecule has 4 nitrogen and oxygen atoms in total. The van der Waals surface area contributed by atoms with Crippen molar-refractivity contribution in [3.05, 3.63) is 29.6 Å². The zero-order valence-electron chi connectivity index (χ0n) is 15.1. The van der Waals surface area contributed by atoms with E-state index >= 15 is 0 Å². The number of carboxylic acid groups (broad SMARTS) is 1. The number of hydrogen-bond donors (Lipinski definition) is 1. The summed E-state index contributed by atoms with van der Waals surface area (Å²) in [6.07, 6.45) is 6.20. The molecule has 1 saturated carbocycles. The van der Waals surface area contributed by atoms with Gasteiger partial charge in [-0.05, 0) is 55.2 Å². The van der Waals surface area contributed by atoms with E-state index < -0.39 is 5.97 Å². The number of methoxy groups -OCH3 is 1. The Balaban J connectivity index is 1.66. The lowest BCUT2D eigenvalue weighted by Gasteiger charge is -2.34. The molecule has 1 heterocycles. The van der Waals surface area contributed by atoms with Crippen LogP contribution in [0.5, 0.6) is 5.75 Å². The van der Waals surface area contributed by atoms with Crippen LogP contribution >= 0.6 is 0 Å². The first-order chi connectivity index (χ1) is 12.0. The lowest BCUT2D eigenvalue weighted by molar-refractivity contribution is -0.142. The highest BCUT2D eigenvalue weighted by molar-refractivity contribution is 5.74. The number of likely N-dealkylation sites (tertiary alicyclic amines) is 1. The minimum atomic E-state index is -0.697. The molecule has 0 aromatic heterocycles. The summed E-state index contributed by atoms with van der Waals surface area (Å²) in [5, 5.41) is 9.62. The fourth-order valence-electron chi connectivity index (χ4n) is 4.72. The molecule has 1 aromatic carbocycles. The molecule has 0 spiro atoms. The van der Waals surface area contributed by atoms with Crippen LogP contribution < -0.4 is 4.74 Å². The van der Waals surface area contributed by atoms with Crippen molar-refractivity contribution in [3.8, 4) is 5.75 Å². The van der Waals surface area contributed by atoms with Gasteiger partial charge in [0.2, 0.25) is 0 Å². The Morgan fingerprint density at radius 2 is 2.16 bits per heavy atom. The van der Waals surface area contributed by atoms with Crippen LogP contribution in [0.1, 0.15) is 44.6 Å². The second-order valence-corrected chi connectivity index (χ2v) is 7.68. The zero-order valence-corrected chi connectivity index (χ0v) is 15.1. The molecule has 1 aliphatic heterocycles. The van der Waals surface area contributed by atoms with Gasteiger partial charge in [-0.2, -0.15) is 0 Å². The minimum absolute atomic E-state index is 0.256. The molecule has 3 rings (SSSR count). The van der Waals surface area contributed by atoms with Crippen LogP contribution in [0, 0.1) is 17.7 Å². The number of benzene rings is 1. The highest BCUT2D eigenvalue weighted by Gasteiger charge is 2.45. The van der Waals surface area contributed by atoms with Crippen molar-refractivity contribution >= 4 is 5.97 Å². The molecule has 25 heavy (non-hydrogen) atoms. The van der Waals surface area contributed by atoms with Gasteiger partial charge in [-0.3, -0.25) is 9.69 Å². The highest BCUT2D eigenvalue weighted by Crippen LogP contribution is 2.40. The molecule has 1 saturated heterocycles. The van der Waals surface area contributed by atoms with Gasteiger partial charge in [0.25, 0.3) is 0 Å². The standard InChI is InChI=1S/C20H28FNO3/c1-13(9-14-7-8-19(25-2)16(21)10-14)12-22-17-6-4-3-5-15(17)11-18(22)20(23)24/h7-8,10,13,15,17-18H,3-6,9,11-12H2,1-2H3,(H,23,24). The molecule has 0 radical (unpaired) electrons. The van der Waals surface area contributed by atoms with Crippen molar-refractivity contribution in [2.45, 2.75) is 57.5 Å². The predicted octanol–water partition coefficient (Wildman–Crippen LogP) is 3.73. The monoisotopic (exact) mass is 349 g/mol. The van der Waals surface area contributed by atoms with Gasteiger partial charge in [-0.15, -0.1) is 0 Å². The van der Waals surface area contributed by atoms with Crippen LogP contribution in [0.2, 0.25) is 0 Å². The Labute approximate surface area is 149 Å². The van der Waals surface area contributed by atoms with Gasteiger partial charge in [0, 0.05) is 12.6 Å². The number of aliphatic carboxylic acids is 1. The van der Waals surface area contributed by atoms with Gasteiger partial charge in [0.1, 0.15) is 6.04 Å². The van der Waals surface area contributed by atoms with E-state index in [9.17, 15) is 14.3 Å². The molecule has 4 unspecified atom stereocenters. The van der Waals surface area contributed by atoms with Crippen molar-refractivity contribution in [2.75, 3.05) is 13.7 Å². The topological polar surface area (TPSA) is 49.8 Å². The molecule has 138 valence electrons. The molecule has 2 fully saturated rings. The third-order valence-electron chi connectivity index (χ3n) is 5.83. The number of ether oxygens (including phenoxy) is 1. The Bertz CT molecular complexity index is 621. The fourth-order valence-corrected chi connectivity index (χ4v) is 4.72. The summed E-state index contributed by atoms with van der Waals surface area (Å²) >= 11 is 0. The van der Waals surface area contributed by atoms with E-state index in [-0.39, 0.29) is 23.5 Å². The quantitative estimate of drug-likeness (QED) is 0.850. The number of fused-ring (bicyclic) bond motifs is 1. The molecule has 2 aliphatic rings. The first-order valence-corrected chi connectivity index (χ1v) is 9.30. The number of carboxylic acids is 1. The number of rotatable bonds is 6. The van der Waals surface area contributed by atoms with E-state index in [1.807, 2.05) is 6.07 Å². The first kappa shape index (κ1) is 18.2. The van der Waals surface area contributed by atoms with Crippen molar-refractivity contribution in [1.29, 1.82) is 0 Å². The maximum Gasteiger partial charge on any atom is 0.320 e. The lowest BCUT2D eigenvalue weighted by atomic mass is 9.84. The van der Waals surface area contributed by atoms with Gasteiger partial charge in [-0.25, -0.2) is 4.39 Å². The summed E-state index contributed by atoms with van der Waals surface area (Å²) in [4.78, 5) is 13.9. The Morgan fingerprint density at radius 3 is 2.84 bits per heavy atom. The van der Waals surface area contributed by atoms with Crippen LogP contribution in [-0.4, -0.2) is 41.7 Å². The average molecular weight is 349 g/mol. The molecule has 4 atom stereocenters. The second-order valence-electron chi connectivity index (χ2n) is 7.68. The Morgan fingerprint density at radius 1 is 1.40 bits per heavy atom. The normalized spacial score (nSPS) is 27.7. The van der Waals surface area contributed by atoms with Crippen LogP contribution in [0.25, 0.3) is 0 Å². The van der Waals surface area contributed by atoms with Crippen molar-refractivity contribution in [1.82, 2.24) is 4.90 Å². The third-order valence-corrected chi connectivity index (χ3v) is 5.83. The maximum absolute atomic E-state index is 13.9. The summed E-state index contributed by atoms with van der Waals surface area (Å²) in [7, 11) is 1.46. The van der Waals surface area contributed by atoms with Gasteiger partial charge < -0.3 is 9.84 Å². The van der Waals surface area contributed by atoms with Gasteiger partial charge in [-0.1, -0.05) is 25.8 Å². The first-order valence-electron chi connectivity index (χ1n) is 9.30. The van der Waals surface area contributed by atoms with Crippen molar-refractivity contribution in [2.24, 2.45) is 11.8 Å². The van der Waals surface area contributed by atoms with E-state index in [1.54, 1.807) is 6.07 Å². The third kappa shape index (κ3) is 3.97. The van der Waals surface area contributed by atoms with E-state index in [2.05, 4.69) is 11.8 Å². The number of nitrogens with zero attached hydrogens (tertiary/aromatic N) is 1. The summed E-state index contributed by atoms with van der Waals surface area (Å²) in [6.45, 7) is 2.88. The molecule has 1 N–H and O–H groups in total. The minimum Gasteiger partial charge on any atom is -0.494 e. The molecule has 0 bridgehead atoms. The Kier molecular flexibility index (Phi) is 5.62. The number of halogens is 1.